The minimum absolute atomic E-state index is 0.00321. The van der Waals surface area contributed by atoms with E-state index in [1.165, 1.54) is 16.8 Å². The molecule has 0 fully saturated rings. The molecule has 0 aliphatic carbocycles. The fraction of sp³-hybridized carbons (Fsp3) is 0.250. The molecular weight excluding hydrogens is 394 g/mol. The summed E-state index contributed by atoms with van der Waals surface area (Å²) in [5.74, 6) is 0.876. The van der Waals surface area contributed by atoms with Gasteiger partial charge in [-0.15, -0.1) is 0 Å². The van der Waals surface area contributed by atoms with Crippen LogP contribution in [0, 0.1) is 6.92 Å². The molecule has 3 aromatic rings. The molecule has 0 amide bonds. The van der Waals surface area contributed by atoms with E-state index in [1.54, 1.807) is 36.9 Å². The second-order valence-electron chi connectivity index (χ2n) is 6.70. The first kappa shape index (κ1) is 19.1. The molecule has 4 rings (SSSR count). The molecule has 0 saturated carbocycles. The van der Waals surface area contributed by atoms with Crippen LogP contribution >= 0.6 is 0 Å². The van der Waals surface area contributed by atoms with Crippen molar-refractivity contribution in [3.8, 4) is 17.2 Å². The number of anilines is 1. The highest BCUT2D eigenvalue weighted by atomic mass is 32.2. The molecule has 1 aliphatic rings. The lowest BCUT2D eigenvalue weighted by Gasteiger charge is -2.11. The predicted molar refractivity (Wildman–Crippen MR) is 109 cm³/mol. The van der Waals surface area contributed by atoms with Gasteiger partial charge < -0.3 is 9.47 Å². The second kappa shape index (κ2) is 7.32. The zero-order valence-corrected chi connectivity index (χ0v) is 16.9. The average Bonchev–Trinajstić information content (AvgIpc) is 2.89. The van der Waals surface area contributed by atoms with Gasteiger partial charge in [0.2, 0.25) is 0 Å². The number of hydrogen-bond acceptors (Lipinski definition) is 5. The third-order valence-corrected chi connectivity index (χ3v) is 6.17. The lowest BCUT2D eigenvalue weighted by atomic mass is 10.3. The highest BCUT2D eigenvalue weighted by Crippen LogP contribution is 2.32. The van der Waals surface area contributed by atoms with Gasteiger partial charge in [-0.05, 0) is 31.2 Å². The summed E-state index contributed by atoms with van der Waals surface area (Å²) in [4.78, 5) is 13.0. The van der Waals surface area contributed by atoms with Gasteiger partial charge in [-0.1, -0.05) is 18.2 Å². The Kier molecular flexibility index (Phi) is 4.83. The van der Waals surface area contributed by atoms with Gasteiger partial charge in [0.05, 0.1) is 29.5 Å². The normalized spacial score (nSPS) is 13.7. The predicted octanol–water partition coefficient (Wildman–Crippen LogP) is 2.45. The van der Waals surface area contributed by atoms with Crippen LogP contribution in [0.5, 0.6) is 11.5 Å². The number of hydrogen-bond donors (Lipinski definition) is 1. The zero-order chi connectivity index (χ0) is 20.6. The van der Waals surface area contributed by atoms with Crippen molar-refractivity contribution in [2.45, 2.75) is 18.2 Å². The van der Waals surface area contributed by atoms with Gasteiger partial charge in [0.25, 0.3) is 15.6 Å². The van der Waals surface area contributed by atoms with E-state index in [9.17, 15) is 13.2 Å². The number of nitrogens with zero attached hydrogens (tertiary/aromatic N) is 2. The van der Waals surface area contributed by atoms with E-state index in [-0.39, 0.29) is 10.6 Å². The maximum absolute atomic E-state index is 13.0. The summed E-state index contributed by atoms with van der Waals surface area (Å²) in [5, 5.41) is 0. The van der Waals surface area contributed by atoms with E-state index >= 15 is 0 Å². The molecule has 0 bridgehead atoms. The lowest BCUT2D eigenvalue weighted by molar-refractivity contribution is 0.297. The van der Waals surface area contributed by atoms with E-state index in [0.717, 1.165) is 6.42 Å². The first-order chi connectivity index (χ1) is 13.9. The van der Waals surface area contributed by atoms with E-state index < -0.39 is 15.6 Å². The SMILES string of the molecule is Cc1c(NS(=O)(=O)c2ccc3c(c2)OCCCO3)c(=O)n(-c2ccccc2)n1C. The molecule has 0 unspecified atom stereocenters. The molecule has 29 heavy (non-hydrogen) atoms. The molecule has 2 heterocycles. The third-order valence-electron chi connectivity index (χ3n) is 4.82. The van der Waals surface area contributed by atoms with Crippen LogP contribution in [0.1, 0.15) is 12.1 Å². The van der Waals surface area contributed by atoms with Crippen LogP contribution in [0.3, 0.4) is 0 Å². The summed E-state index contributed by atoms with van der Waals surface area (Å²) in [7, 11) is -2.30. The molecule has 1 N–H and O–H groups in total. The maximum Gasteiger partial charge on any atom is 0.296 e. The zero-order valence-electron chi connectivity index (χ0n) is 16.1. The Morgan fingerprint density at radius 1 is 1.00 bits per heavy atom. The quantitative estimate of drug-likeness (QED) is 0.707. The number of rotatable bonds is 4. The van der Waals surface area contributed by atoms with Crippen LogP contribution in [0.25, 0.3) is 5.69 Å². The van der Waals surface area contributed by atoms with Crippen molar-refractivity contribution in [2.24, 2.45) is 7.05 Å². The Labute approximate surface area is 168 Å². The van der Waals surface area contributed by atoms with Crippen LogP contribution in [0.4, 0.5) is 5.69 Å². The summed E-state index contributed by atoms with van der Waals surface area (Å²) < 4.78 is 42.5. The topological polar surface area (TPSA) is 91.6 Å². The minimum atomic E-state index is -4.00. The first-order valence-electron chi connectivity index (χ1n) is 9.15. The van der Waals surface area contributed by atoms with Crippen molar-refractivity contribution in [1.82, 2.24) is 9.36 Å². The molecule has 1 aromatic heterocycles. The van der Waals surface area contributed by atoms with Crippen molar-refractivity contribution in [3.05, 3.63) is 64.6 Å². The van der Waals surface area contributed by atoms with Gasteiger partial charge in [0.15, 0.2) is 11.5 Å². The number of nitrogens with one attached hydrogen (secondary N) is 1. The summed E-state index contributed by atoms with van der Waals surface area (Å²) in [6.07, 6.45) is 0.719. The highest BCUT2D eigenvalue weighted by Gasteiger charge is 2.24. The van der Waals surface area contributed by atoms with Gasteiger partial charge >= 0.3 is 0 Å². The third kappa shape index (κ3) is 3.49. The summed E-state index contributed by atoms with van der Waals surface area (Å²) in [5.41, 5.74) is 0.693. The maximum atomic E-state index is 13.0. The molecular formula is C20H21N3O5S. The van der Waals surface area contributed by atoms with Gasteiger partial charge in [-0.25, -0.2) is 13.1 Å². The highest BCUT2D eigenvalue weighted by molar-refractivity contribution is 7.92. The van der Waals surface area contributed by atoms with Crippen LogP contribution < -0.4 is 19.8 Å². The van der Waals surface area contributed by atoms with Crippen molar-refractivity contribution >= 4 is 15.7 Å². The molecule has 0 saturated heterocycles. The van der Waals surface area contributed by atoms with Gasteiger partial charge in [-0.3, -0.25) is 14.2 Å². The van der Waals surface area contributed by atoms with Crippen molar-refractivity contribution in [2.75, 3.05) is 17.9 Å². The Hall–Kier alpha value is -3.20. The Morgan fingerprint density at radius 3 is 2.41 bits per heavy atom. The largest absolute Gasteiger partial charge is 0.490 e. The van der Waals surface area contributed by atoms with Crippen LogP contribution in [-0.4, -0.2) is 31.0 Å². The molecule has 8 nitrogen and oxygen atoms in total. The summed E-state index contributed by atoms with van der Waals surface area (Å²) in [6, 6.07) is 13.4. The number of sulfonamides is 1. The summed E-state index contributed by atoms with van der Waals surface area (Å²) >= 11 is 0. The van der Waals surface area contributed by atoms with E-state index in [0.29, 0.717) is 36.1 Å². The fourth-order valence-electron chi connectivity index (χ4n) is 3.19. The Bertz CT molecular complexity index is 1210. The Morgan fingerprint density at radius 2 is 1.69 bits per heavy atom. The summed E-state index contributed by atoms with van der Waals surface area (Å²) in [6.45, 7) is 2.65. The van der Waals surface area contributed by atoms with Crippen LogP contribution in [-0.2, 0) is 17.1 Å². The monoisotopic (exact) mass is 415 g/mol. The molecule has 9 heteroatoms. The van der Waals surface area contributed by atoms with Crippen molar-refractivity contribution in [1.29, 1.82) is 0 Å². The first-order valence-corrected chi connectivity index (χ1v) is 10.6. The van der Waals surface area contributed by atoms with E-state index in [1.807, 2.05) is 18.2 Å². The molecule has 0 radical (unpaired) electrons. The molecule has 0 spiro atoms. The number of para-hydroxylation sites is 1. The van der Waals surface area contributed by atoms with Crippen LogP contribution in [0.2, 0.25) is 0 Å². The number of benzene rings is 2. The fourth-order valence-corrected chi connectivity index (χ4v) is 4.32. The van der Waals surface area contributed by atoms with Crippen molar-refractivity contribution in [3.63, 3.8) is 0 Å². The van der Waals surface area contributed by atoms with Gasteiger partial charge in [-0.2, -0.15) is 0 Å². The van der Waals surface area contributed by atoms with Gasteiger partial charge in [0.1, 0.15) is 5.69 Å². The average molecular weight is 415 g/mol. The lowest BCUT2D eigenvalue weighted by Crippen LogP contribution is -2.23. The number of fused-ring (bicyclic) bond motifs is 1. The molecule has 2 aromatic carbocycles. The second-order valence-corrected chi connectivity index (χ2v) is 8.38. The van der Waals surface area contributed by atoms with Gasteiger partial charge in [0, 0.05) is 19.5 Å². The minimum Gasteiger partial charge on any atom is -0.490 e. The van der Waals surface area contributed by atoms with E-state index in [4.69, 9.17) is 9.47 Å². The smallest absolute Gasteiger partial charge is 0.296 e. The molecule has 152 valence electrons. The Balaban J connectivity index is 1.73. The molecule has 1 aliphatic heterocycles. The standard InChI is InChI=1S/C20H21N3O5S/c1-14-19(20(24)23(22(14)2)15-7-4-3-5-8-15)21-29(25,26)16-9-10-17-18(13-16)28-12-6-11-27-17/h3-5,7-10,13,21H,6,11-12H2,1-2H3. The molecule has 0 atom stereocenters. The van der Waals surface area contributed by atoms with Crippen molar-refractivity contribution < 1.29 is 17.9 Å². The van der Waals surface area contributed by atoms with E-state index in [2.05, 4.69) is 4.72 Å². The van der Waals surface area contributed by atoms with Crippen LogP contribution in [0.15, 0.2) is 58.2 Å². The number of aromatic nitrogens is 2. The number of ether oxygens (including phenoxy) is 2.